The normalized spacial score (nSPS) is 56.5. The molecule has 9 fully saturated rings. The SMILES string of the molecule is O=C(N1CC2C3CCC(C3)C21)C12CCC(C(=O)N3CC4C5CCC(C5)C43)(CC1)CC2. The molecule has 4 heteroatoms. The van der Waals surface area contributed by atoms with Crippen LogP contribution in [0.5, 0.6) is 0 Å². The summed E-state index contributed by atoms with van der Waals surface area (Å²) in [6, 6.07) is 1.19. The highest BCUT2D eigenvalue weighted by atomic mass is 16.2. The van der Waals surface area contributed by atoms with Gasteiger partial charge >= 0.3 is 0 Å². The smallest absolute Gasteiger partial charge is 0.229 e. The summed E-state index contributed by atoms with van der Waals surface area (Å²) in [7, 11) is 0. The van der Waals surface area contributed by atoms with Gasteiger partial charge in [-0.25, -0.2) is 0 Å². The summed E-state index contributed by atoms with van der Waals surface area (Å²) >= 11 is 0. The zero-order valence-electron chi connectivity index (χ0n) is 18.2. The molecule has 0 spiro atoms. The highest BCUT2D eigenvalue weighted by Gasteiger charge is 2.65. The van der Waals surface area contributed by atoms with Crippen LogP contribution in [0.1, 0.15) is 77.0 Å². The fraction of sp³-hybridized carbons (Fsp3) is 0.923. The van der Waals surface area contributed by atoms with Crippen molar-refractivity contribution in [3.63, 3.8) is 0 Å². The van der Waals surface area contributed by atoms with Crippen LogP contribution in [-0.2, 0) is 9.59 Å². The van der Waals surface area contributed by atoms with Crippen molar-refractivity contribution in [1.82, 2.24) is 9.80 Å². The van der Waals surface area contributed by atoms with E-state index in [9.17, 15) is 9.59 Å². The molecule has 2 saturated heterocycles. The first-order chi connectivity index (χ1) is 14.6. The third-order valence-corrected chi connectivity index (χ3v) is 12.3. The topological polar surface area (TPSA) is 40.6 Å². The van der Waals surface area contributed by atoms with E-state index >= 15 is 0 Å². The Morgan fingerprint density at radius 1 is 0.567 bits per heavy atom. The first-order valence-electron chi connectivity index (χ1n) is 13.2. The second kappa shape index (κ2) is 5.46. The molecule has 6 bridgehead atoms. The minimum Gasteiger partial charge on any atom is -0.338 e. The average Bonchev–Trinajstić information content (AvgIpc) is 3.47. The molecule has 2 heterocycles. The Labute approximate surface area is 180 Å². The van der Waals surface area contributed by atoms with Crippen LogP contribution >= 0.6 is 0 Å². The Morgan fingerprint density at radius 3 is 1.30 bits per heavy atom. The van der Waals surface area contributed by atoms with Crippen LogP contribution in [0.3, 0.4) is 0 Å². The number of rotatable bonds is 2. The number of nitrogens with zero attached hydrogens (tertiary/aromatic N) is 2. The lowest BCUT2D eigenvalue weighted by molar-refractivity contribution is -0.179. The van der Waals surface area contributed by atoms with Crippen molar-refractivity contribution in [2.75, 3.05) is 13.1 Å². The molecule has 162 valence electrons. The van der Waals surface area contributed by atoms with Gasteiger partial charge in [-0.15, -0.1) is 0 Å². The molecule has 8 unspecified atom stereocenters. The highest BCUT2D eigenvalue weighted by Crippen LogP contribution is 2.63. The van der Waals surface area contributed by atoms with E-state index in [1.54, 1.807) is 0 Å². The number of amides is 2. The summed E-state index contributed by atoms with van der Waals surface area (Å²) in [5.74, 6) is 6.12. The van der Waals surface area contributed by atoms with E-state index in [1.165, 1.54) is 38.5 Å². The molecular formula is C26H36N2O2. The number of hydrogen-bond donors (Lipinski definition) is 0. The molecule has 9 rings (SSSR count). The molecule has 2 amide bonds. The van der Waals surface area contributed by atoms with Crippen LogP contribution in [0.15, 0.2) is 0 Å². The lowest BCUT2D eigenvalue weighted by atomic mass is 9.52. The van der Waals surface area contributed by atoms with Crippen molar-refractivity contribution in [2.45, 2.75) is 89.1 Å². The van der Waals surface area contributed by atoms with Crippen molar-refractivity contribution in [3.05, 3.63) is 0 Å². The summed E-state index contributed by atoms with van der Waals surface area (Å²) in [6.45, 7) is 2.10. The van der Waals surface area contributed by atoms with Gasteiger partial charge in [-0.05, 0) is 101 Å². The number of likely N-dealkylation sites (tertiary alicyclic amines) is 2. The maximum atomic E-state index is 13.7. The molecule has 7 saturated carbocycles. The van der Waals surface area contributed by atoms with Gasteiger partial charge in [0, 0.05) is 47.8 Å². The van der Waals surface area contributed by atoms with Crippen LogP contribution in [0, 0.1) is 46.3 Å². The van der Waals surface area contributed by atoms with Gasteiger partial charge in [0.1, 0.15) is 0 Å². The minimum absolute atomic E-state index is 0.112. The second-order valence-corrected chi connectivity index (χ2v) is 13.0. The summed E-state index contributed by atoms with van der Waals surface area (Å²) in [4.78, 5) is 32.1. The molecular weight excluding hydrogens is 372 g/mol. The minimum atomic E-state index is -0.112. The molecule has 0 N–H and O–H groups in total. The maximum absolute atomic E-state index is 13.7. The molecule has 9 aliphatic rings. The predicted octanol–water partition coefficient (Wildman–Crippen LogP) is 3.84. The first kappa shape index (κ1) is 17.5. The van der Waals surface area contributed by atoms with Gasteiger partial charge in [-0.1, -0.05) is 0 Å². The maximum Gasteiger partial charge on any atom is 0.229 e. The summed E-state index contributed by atoms with van der Waals surface area (Å²) in [5.41, 5.74) is -0.225. The Hall–Kier alpha value is -1.06. The molecule has 2 aliphatic heterocycles. The van der Waals surface area contributed by atoms with Gasteiger partial charge in [0.25, 0.3) is 0 Å². The molecule has 0 aromatic heterocycles. The van der Waals surface area contributed by atoms with Crippen LogP contribution in [0.2, 0.25) is 0 Å². The van der Waals surface area contributed by atoms with E-state index in [4.69, 9.17) is 0 Å². The number of carbonyl (C=O) groups is 2. The standard InChI is InChI=1S/C26H36N2O2/c29-23(27-13-19-15-1-3-17(11-15)21(19)27)25-5-8-26(9-6-25,10-7-25)24(30)28-14-20-16-2-4-18(12-16)22(20)28/h15-22H,1-14H2. The van der Waals surface area contributed by atoms with Crippen molar-refractivity contribution in [1.29, 1.82) is 0 Å². The van der Waals surface area contributed by atoms with E-state index in [0.29, 0.717) is 23.9 Å². The second-order valence-electron chi connectivity index (χ2n) is 13.0. The van der Waals surface area contributed by atoms with Gasteiger partial charge in [0.05, 0.1) is 0 Å². The van der Waals surface area contributed by atoms with Crippen molar-refractivity contribution in [2.24, 2.45) is 46.3 Å². The predicted molar refractivity (Wildman–Crippen MR) is 112 cm³/mol. The fourth-order valence-electron chi connectivity index (χ4n) is 10.5. The monoisotopic (exact) mass is 408 g/mol. The van der Waals surface area contributed by atoms with Gasteiger partial charge in [0.2, 0.25) is 11.8 Å². The first-order valence-corrected chi connectivity index (χ1v) is 13.2. The van der Waals surface area contributed by atoms with Crippen molar-refractivity contribution in [3.8, 4) is 0 Å². The highest BCUT2D eigenvalue weighted by molar-refractivity contribution is 5.88. The van der Waals surface area contributed by atoms with Gasteiger partial charge < -0.3 is 9.80 Å². The number of carbonyl (C=O) groups excluding carboxylic acids is 2. The van der Waals surface area contributed by atoms with E-state index in [2.05, 4.69) is 9.80 Å². The summed E-state index contributed by atoms with van der Waals surface area (Å²) < 4.78 is 0. The van der Waals surface area contributed by atoms with E-state index in [1.807, 2.05) is 0 Å². The largest absolute Gasteiger partial charge is 0.338 e. The Morgan fingerprint density at radius 2 is 0.933 bits per heavy atom. The van der Waals surface area contributed by atoms with Crippen molar-refractivity contribution < 1.29 is 9.59 Å². The zero-order chi connectivity index (χ0) is 19.8. The van der Waals surface area contributed by atoms with Gasteiger partial charge in [-0.2, -0.15) is 0 Å². The van der Waals surface area contributed by atoms with E-state index in [0.717, 1.165) is 87.1 Å². The summed E-state index contributed by atoms with van der Waals surface area (Å²) in [5, 5.41) is 0. The quantitative estimate of drug-likeness (QED) is 0.697. The van der Waals surface area contributed by atoms with Crippen LogP contribution in [0.4, 0.5) is 0 Å². The Bertz CT molecular complexity index is 740. The van der Waals surface area contributed by atoms with E-state index < -0.39 is 0 Å². The van der Waals surface area contributed by atoms with E-state index in [-0.39, 0.29) is 10.8 Å². The van der Waals surface area contributed by atoms with Gasteiger partial charge in [0.15, 0.2) is 0 Å². The molecule has 8 atom stereocenters. The molecule has 0 radical (unpaired) electrons. The Kier molecular flexibility index (Phi) is 3.18. The number of fused-ring (bicyclic) bond motifs is 13. The molecule has 0 aromatic rings. The molecule has 30 heavy (non-hydrogen) atoms. The molecule has 7 aliphatic carbocycles. The third-order valence-electron chi connectivity index (χ3n) is 12.3. The fourth-order valence-corrected chi connectivity index (χ4v) is 10.5. The van der Waals surface area contributed by atoms with Crippen molar-refractivity contribution >= 4 is 11.8 Å². The van der Waals surface area contributed by atoms with Crippen LogP contribution < -0.4 is 0 Å². The summed E-state index contributed by atoms with van der Waals surface area (Å²) in [6.07, 6.45) is 14.2. The third kappa shape index (κ3) is 1.89. The zero-order valence-corrected chi connectivity index (χ0v) is 18.2. The molecule has 4 nitrogen and oxygen atoms in total. The average molecular weight is 409 g/mol. The number of hydrogen-bond acceptors (Lipinski definition) is 2. The molecule has 0 aromatic carbocycles. The lowest BCUT2D eigenvalue weighted by Crippen LogP contribution is -2.67. The van der Waals surface area contributed by atoms with Crippen LogP contribution in [0.25, 0.3) is 0 Å². The van der Waals surface area contributed by atoms with Gasteiger partial charge in [-0.3, -0.25) is 9.59 Å². The Balaban J connectivity index is 0.975. The lowest BCUT2D eigenvalue weighted by Gasteiger charge is -2.60. The van der Waals surface area contributed by atoms with Crippen LogP contribution in [-0.4, -0.2) is 46.8 Å².